The minimum absolute atomic E-state index is 0.390. The van der Waals surface area contributed by atoms with E-state index in [1.165, 1.54) is 7.11 Å². The standard InChI is InChI=1S/C18H25NO5/c1-18(2,23)15(17(22)24-3)13-9-10-14(16(20)21)19(13)11-12-7-5-4-6-8-12/h4-8,13-15,23H,9-11H2,1-3H3,(H,20,21)/t13-,14+,15-/m1/s1. The molecule has 0 unspecified atom stereocenters. The number of ether oxygens (including phenoxy) is 1. The molecule has 1 aliphatic rings. The smallest absolute Gasteiger partial charge is 0.320 e. The molecule has 2 N–H and O–H groups in total. The second-order valence-electron chi connectivity index (χ2n) is 6.81. The van der Waals surface area contributed by atoms with Gasteiger partial charge in [0, 0.05) is 12.6 Å². The van der Waals surface area contributed by atoms with Gasteiger partial charge >= 0.3 is 11.9 Å². The maximum Gasteiger partial charge on any atom is 0.320 e. The predicted molar refractivity (Wildman–Crippen MR) is 88.2 cm³/mol. The monoisotopic (exact) mass is 335 g/mol. The number of carboxylic acid groups (broad SMARTS) is 1. The largest absolute Gasteiger partial charge is 0.480 e. The Hall–Kier alpha value is -1.92. The molecule has 0 amide bonds. The van der Waals surface area contributed by atoms with Crippen LogP contribution < -0.4 is 0 Å². The normalized spacial score (nSPS) is 23.0. The number of esters is 1. The van der Waals surface area contributed by atoms with E-state index in [2.05, 4.69) is 0 Å². The molecule has 2 rings (SSSR count). The maximum absolute atomic E-state index is 12.3. The molecule has 24 heavy (non-hydrogen) atoms. The lowest BCUT2D eigenvalue weighted by Gasteiger charge is -2.37. The average molecular weight is 335 g/mol. The van der Waals surface area contributed by atoms with E-state index in [4.69, 9.17) is 4.74 Å². The van der Waals surface area contributed by atoms with Gasteiger partial charge in [0.2, 0.25) is 0 Å². The summed E-state index contributed by atoms with van der Waals surface area (Å²) in [5, 5.41) is 20.0. The lowest BCUT2D eigenvalue weighted by Crippen LogP contribution is -2.52. The minimum Gasteiger partial charge on any atom is -0.480 e. The van der Waals surface area contributed by atoms with Crippen LogP contribution >= 0.6 is 0 Å². The van der Waals surface area contributed by atoms with Crippen LogP contribution in [0.1, 0.15) is 32.3 Å². The first-order valence-electron chi connectivity index (χ1n) is 8.08. The van der Waals surface area contributed by atoms with Gasteiger partial charge in [0.15, 0.2) is 0 Å². The fraction of sp³-hybridized carbons (Fsp3) is 0.556. The summed E-state index contributed by atoms with van der Waals surface area (Å²) in [6, 6.07) is 8.46. The number of hydrogen-bond acceptors (Lipinski definition) is 5. The van der Waals surface area contributed by atoms with Crippen molar-refractivity contribution in [1.29, 1.82) is 0 Å². The third-order valence-corrected chi connectivity index (χ3v) is 4.66. The van der Waals surface area contributed by atoms with E-state index in [9.17, 15) is 19.8 Å². The van der Waals surface area contributed by atoms with Gasteiger partial charge in [0.05, 0.1) is 12.7 Å². The van der Waals surface area contributed by atoms with Crippen molar-refractivity contribution in [2.45, 2.75) is 50.9 Å². The Morgan fingerprint density at radius 2 is 1.92 bits per heavy atom. The first kappa shape index (κ1) is 18.4. The number of likely N-dealkylation sites (tertiary alicyclic amines) is 1. The van der Waals surface area contributed by atoms with E-state index in [0.717, 1.165) is 5.56 Å². The molecule has 0 bridgehead atoms. The van der Waals surface area contributed by atoms with Crippen LogP contribution in [0.4, 0.5) is 0 Å². The van der Waals surface area contributed by atoms with Crippen LogP contribution in [0.5, 0.6) is 0 Å². The lowest BCUT2D eigenvalue weighted by molar-refractivity contribution is -0.160. The molecule has 0 radical (unpaired) electrons. The summed E-state index contributed by atoms with van der Waals surface area (Å²) in [5.41, 5.74) is -0.338. The van der Waals surface area contributed by atoms with Gasteiger partial charge in [-0.05, 0) is 32.3 Å². The molecule has 0 aromatic heterocycles. The quantitative estimate of drug-likeness (QED) is 0.769. The number of hydrogen-bond donors (Lipinski definition) is 2. The molecule has 3 atom stereocenters. The SMILES string of the molecule is COC(=O)[C@@H]([C@H]1CC[C@@H](C(=O)O)N1Cc1ccccc1)C(C)(C)O. The van der Waals surface area contributed by atoms with E-state index in [0.29, 0.717) is 19.4 Å². The highest BCUT2D eigenvalue weighted by atomic mass is 16.5. The maximum atomic E-state index is 12.3. The topological polar surface area (TPSA) is 87.1 Å². The van der Waals surface area contributed by atoms with Gasteiger partial charge in [-0.25, -0.2) is 0 Å². The van der Waals surface area contributed by atoms with Crippen molar-refractivity contribution in [2.24, 2.45) is 5.92 Å². The molecular formula is C18H25NO5. The number of benzene rings is 1. The molecule has 6 heteroatoms. The van der Waals surface area contributed by atoms with E-state index >= 15 is 0 Å². The molecule has 1 aliphatic heterocycles. The van der Waals surface area contributed by atoms with Crippen LogP contribution in [0.2, 0.25) is 0 Å². The Morgan fingerprint density at radius 3 is 2.42 bits per heavy atom. The first-order chi connectivity index (χ1) is 11.3. The van der Waals surface area contributed by atoms with Crippen molar-refractivity contribution < 1.29 is 24.5 Å². The molecule has 1 heterocycles. The number of nitrogens with zero attached hydrogens (tertiary/aromatic N) is 1. The Kier molecular flexibility index (Phi) is 5.62. The van der Waals surface area contributed by atoms with Crippen molar-refractivity contribution in [3.63, 3.8) is 0 Å². The van der Waals surface area contributed by atoms with Crippen molar-refractivity contribution in [3.8, 4) is 0 Å². The number of carbonyl (C=O) groups is 2. The Bertz CT molecular complexity index is 581. The molecule has 132 valence electrons. The van der Waals surface area contributed by atoms with Gasteiger partial charge in [-0.15, -0.1) is 0 Å². The first-order valence-corrected chi connectivity index (χ1v) is 8.08. The van der Waals surface area contributed by atoms with Crippen LogP contribution in [0.15, 0.2) is 30.3 Å². The average Bonchev–Trinajstić information content (AvgIpc) is 2.90. The zero-order valence-electron chi connectivity index (χ0n) is 14.3. The van der Waals surface area contributed by atoms with E-state index in [1.807, 2.05) is 30.3 Å². The van der Waals surface area contributed by atoms with E-state index < -0.39 is 35.5 Å². The Morgan fingerprint density at radius 1 is 1.29 bits per heavy atom. The fourth-order valence-corrected chi connectivity index (χ4v) is 3.58. The Balaban J connectivity index is 2.35. The summed E-state index contributed by atoms with van der Waals surface area (Å²) in [6.45, 7) is 3.53. The van der Waals surface area contributed by atoms with Crippen molar-refractivity contribution in [1.82, 2.24) is 4.90 Å². The van der Waals surface area contributed by atoms with Crippen LogP contribution in [0.3, 0.4) is 0 Å². The zero-order chi connectivity index (χ0) is 17.9. The highest BCUT2D eigenvalue weighted by molar-refractivity contribution is 5.76. The molecule has 0 aliphatic carbocycles. The summed E-state index contributed by atoms with van der Waals surface area (Å²) in [6.07, 6.45) is 0.962. The van der Waals surface area contributed by atoms with Gasteiger partial charge < -0.3 is 14.9 Å². The van der Waals surface area contributed by atoms with Crippen LogP contribution in [0.25, 0.3) is 0 Å². The molecular weight excluding hydrogens is 310 g/mol. The number of aliphatic carboxylic acids is 1. The summed E-state index contributed by atoms with van der Waals surface area (Å²) in [5.74, 6) is -2.24. The number of methoxy groups -OCH3 is 1. The highest BCUT2D eigenvalue weighted by Crippen LogP contribution is 2.36. The molecule has 1 fully saturated rings. The molecule has 1 saturated heterocycles. The minimum atomic E-state index is -1.31. The number of rotatable bonds is 6. The third-order valence-electron chi connectivity index (χ3n) is 4.66. The molecule has 1 aromatic rings. The van der Waals surface area contributed by atoms with Gasteiger partial charge in [-0.3, -0.25) is 14.5 Å². The van der Waals surface area contributed by atoms with Crippen LogP contribution in [-0.2, 0) is 20.9 Å². The van der Waals surface area contributed by atoms with Crippen LogP contribution in [0, 0.1) is 5.92 Å². The molecule has 6 nitrogen and oxygen atoms in total. The molecule has 0 saturated carbocycles. The van der Waals surface area contributed by atoms with Gasteiger partial charge in [0.1, 0.15) is 12.0 Å². The van der Waals surface area contributed by atoms with E-state index in [1.54, 1.807) is 18.7 Å². The second-order valence-corrected chi connectivity index (χ2v) is 6.81. The molecule has 0 spiro atoms. The highest BCUT2D eigenvalue weighted by Gasteiger charge is 2.49. The van der Waals surface area contributed by atoms with Crippen molar-refractivity contribution in [3.05, 3.63) is 35.9 Å². The van der Waals surface area contributed by atoms with Crippen molar-refractivity contribution in [2.75, 3.05) is 7.11 Å². The lowest BCUT2D eigenvalue weighted by atomic mass is 9.83. The van der Waals surface area contributed by atoms with E-state index in [-0.39, 0.29) is 0 Å². The number of aliphatic hydroxyl groups is 1. The summed E-state index contributed by atoms with van der Waals surface area (Å²) in [4.78, 5) is 25.7. The van der Waals surface area contributed by atoms with Gasteiger partial charge in [0.25, 0.3) is 0 Å². The number of carboxylic acids is 1. The third kappa shape index (κ3) is 3.94. The zero-order valence-corrected chi connectivity index (χ0v) is 14.3. The molecule has 1 aromatic carbocycles. The Labute approximate surface area is 142 Å². The van der Waals surface area contributed by atoms with Crippen LogP contribution in [-0.4, -0.2) is 51.8 Å². The van der Waals surface area contributed by atoms with Crippen molar-refractivity contribution >= 4 is 11.9 Å². The predicted octanol–water partition coefficient (Wildman–Crippen LogP) is 1.66. The summed E-state index contributed by atoms with van der Waals surface area (Å²) in [7, 11) is 1.28. The second kappa shape index (κ2) is 7.32. The fourth-order valence-electron chi connectivity index (χ4n) is 3.58. The van der Waals surface area contributed by atoms with Gasteiger partial charge in [-0.2, -0.15) is 0 Å². The van der Waals surface area contributed by atoms with Gasteiger partial charge in [-0.1, -0.05) is 30.3 Å². The number of carbonyl (C=O) groups excluding carboxylic acids is 1. The summed E-state index contributed by atoms with van der Waals surface area (Å²) < 4.78 is 4.87. The summed E-state index contributed by atoms with van der Waals surface area (Å²) >= 11 is 0.